The monoisotopic (exact) mass is 287 g/mol. The van der Waals surface area contributed by atoms with Crippen LogP contribution in [0, 0.1) is 0 Å². The van der Waals surface area contributed by atoms with Crippen molar-refractivity contribution in [1.29, 1.82) is 0 Å². The summed E-state index contributed by atoms with van der Waals surface area (Å²) in [5.41, 5.74) is 0.0863. The fourth-order valence-electron chi connectivity index (χ4n) is 2.77. The quantitative estimate of drug-likeness (QED) is 0.927. The third-order valence-corrected chi connectivity index (χ3v) is 4.98. The number of hydrogen-bond acceptors (Lipinski definition) is 4. The average Bonchev–Trinajstić information content (AvgIpc) is 2.96. The molecule has 2 aliphatic rings. The number of ether oxygens (including phenoxy) is 2. The van der Waals surface area contributed by atoms with E-state index in [1.54, 1.807) is 11.3 Å². The summed E-state index contributed by atoms with van der Waals surface area (Å²) < 4.78 is 12.8. The molecule has 100 valence electrons. The van der Waals surface area contributed by atoms with Gasteiger partial charge in [-0.15, -0.1) is 11.3 Å². The number of thiophene rings is 1. The Morgan fingerprint density at radius 3 is 3.00 bits per heavy atom. The molecule has 0 amide bonds. The van der Waals surface area contributed by atoms with Crippen molar-refractivity contribution in [3.8, 4) is 0 Å². The van der Waals surface area contributed by atoms with Gasteiger partial charge < -0.3 is 14.8 Å². The molecule has 0 radical (unpaired) electrons. The number of piperidine rings is 1. The van der Waals surface area contributed by atoms with Gasteiger partial charge in [-0.2, -0.15) is 0 Å². The number of nitrogens with one attached hydrogen (secondary N) is 1. The van der Waals surface area contributed by atoms with Gasteiger partial charge in [0, 0.05) is 11.3 Å². The third-order valence-electron chi connectivity index (χ3n) is 3.78. The van der Waals surface area contributed by atoms with E-state index < -0.39 is 0 Å². The minimum absolute atomic E-state index is 0.0863. The first-order valence-corrected chi connectivity index (χ1v) is 7.66. The van der Waals surface area contributed by atoms with Crippen molar-refractivity contribution in [1.82, 2.24) is 5.32 Å². The number of halogens is 1. The summed E-state index contributed by atoms with van der Waals surface area (Å²) in [6.45, 7) is 3.51. The van der Waals surface area contributed by atoms with Crippen molar-refractivity contribution in [2.75, 3.05) is 19.7 Å². The summed E-state index contributed by atoms with van der Waals surface area (Å²) in [4.78, 5) is 1.19. The van der Waals surface area contributed by atoms with E-state index in [0.29, 0.717) is 6.61 Å². The van der Waals surface area contributed by atoms with Gasteiger partial charge in [0.1, 0.15) is 0 Å². The van der Waals surface area contributed by atoms with Crippen LogP contribution in [0.4, 0.5) is 0 Å². The first kappa shape index (κ1) is 12.9. The van der Waals surface area contributed by atoms with Gasteiger partial charge in [-0.1, -0.05) is 11.6 Å². The molecule has 3 heterocycles. The van der Waals surface area contributed by atoms with Gasteiger partial charge in [0.25, 0.3) is 0 Å². The molecule has 2 aliphatic heterocycles. The van der Waals surface area contributed by atoms with E-state index >= 15 is 0 Å². The van der Waals surface area contributed by atoms with E-state index in [0.717, 1.165) is 43.3 Å². The molecule has 2 saturated heterocycles. The molecule has 1 aromatic rings. The second-order valence-electron chi connectivity index (χ2n) is 5.09. The first-order chi connectivity index (χ1) is 8.76. The van der Waals surface area contributed by atoms with E-state index in [-0.39, 0.29) is 11.7 Å². The molecule has 1 spiro atoms. The lowest BCUT2D eigenvalue weighted by Gasteiger charge is -2.32. The summed E-state index contributed by atoms with van der Waals surface area (Å²) in [5, 5.41) is 3.38. The zero-order valence-corrected chi connectivity index (χ0v) is 11.9. The van der Waals surface area contributed by atoms with Gasteiger partial charge in [-0.25, -0.2) is 0 Å². The Labute approximate surface area is 116 Å². The van der Waals surface area contributed by atoms with E-state index in [2.05, 4.69) is 5.32 Å². The van der Waals surface area contributed by atoms with E-state index in [1.165, 1.54) is 4.88 Å². The Balaban J connectivity index is 1.50. The third kappa shape index (κ3) is 2.89. The van der Waals surface area contributed by atoms with Crippen LogP contribution in [0.5, 0.6) is 0 Å². The summed E-state index contributed by atoms with van der Waals surface area (Å²) in [7, 11) is 0. The van der Waals surface area contributed by atoms with E-state index in [9.17, 15) is 0 Å². The summed E-state index contributed by atoms with van der Waals surface area (Å²) in [6, 6.07) is 3.95. The van der Waals surface area contributed by atoms with Crippen LogP contribution in [0.1, 0.15) is 24.1 Å². The largest absolute Gasteiger partial charge is 0.372 e. The zero-order chi connectivity index (χ0) is 12.4. The first-order valence-electron chi connectivity index (χ1n) is 6.46. The number of rotatable bonds is 3. The normalized spacial score (nSPS) is 26.8. The van der Waals surface area contributed by atoms with Crippen molar-refractivity contribution < 1.29 is 9.47 Å². The van der Waals surface area contributed by atoms with E-state index in [4.69, 9.17) is 21.1 Å². The van der Waals surface area contributed by atoms with Crippen LogP contribution in [0.3, 0.4) is 0 Å². The molecule has 18 heavy (non-hydrogen) atoms. The smallest absolute Gasteiger partial charge is 0.0932 e. The maximum atomic E-state index is 6.00. The predicted molar refractivity (Wildman–Crippen MR) is 73.3 cm³/mol. The maximum absolute atomic E-state index is 6.00. The molecule has 1 unspecified atom stereocenters. The molecule has 1 atom stereocenters. The molecule has 1 N–H and O–H groups in total. The molecule has 0 saturated carbocycles. The highest BCUT2D eigenvalue weighted by molar-refractivity contribution is 7.16. The fraction of sp³-hybridized carbons (Fsp3) is 0.692. The van der Waals surface area contributed by atoms with Crippen LogP contribution in [0.2, 0.25) is 4.34 Å². The molecule has 0 aromatic carbocycles. The van der Waals surface area contributed by atoms with Crippen LogP contribution in [0.15, 0.2) is 12.1 Å². The molecular weight excluding hydrogens is 270 g/mol. The van der Waals surface area contributed by atoms with Gasteiger partial charge >= 0.3 is 0 Å². The molecular formula is C13H18ClNO2S. The highest BCUT2D eigenvalue weighted by Gasteiger charge is 2.41. The number of hydrogen-bond donors (Lipinski definition) is 1. The highest BCUT2D eigenvalue weighted by Crippen LogP contribution is 2.35. The van der Waals surface area contributed by atoms with Crippen LogP contribution in [-0.4, -0.2) is 31.4 Å². The van der Waals surface area contributed by atoms with Gasteiger partial charge in [-0.3, -0.25) is 0 Å². The van der Waals surface area contributed by atoms with Crippen molar-refractivity contribution in [3.63, 3.8) is 0 Å². The lowest BCUT2D eigenvalue weighted by atomic mass is 9.89. The molecule has 3 nitrogen and oxygen atoms in total. The highest BCUT2D eigenvalue weighted by atomic mass is 35.5. The minimum Gasteiger partial charge on any atom is -0.372 e. The Morgan fingerprint density at radius 1 is 1.44 bits per heavy atom. The van der Waals surface area contributed by atoms with Crippen LogP contribution in [-0.2, 0) is 16.1 Å². The molecule has 1 aromatic heterocycles. The van der Waals surface area contributed by atoms with Crippen molar-refractivity contribution in [3.05, 3.63) is 21.3 Å². The Hall–Kier alpha value is -0.130. The maximum Gasteiger partial charge on any atom is 0.0932 e. The Kier molecular flexibility index (Phi) is 3.91. The standard InChI is InChI=1S/C13H18ClNO2S/c14-12-2-1-11(18-12)9-16-10-7-13(17-8-10)3-5-15-6-4-13/h1-2,10,15H,3-9H2. The predicted octanol–water partition coefficient (Wildman–Crippen LogP) is 2.83. The summed E-state index contributed by atoms with van der Waals surface area (Å²) in [6.07, 6.45) is 3.49. The SMILES string of the molecule is Clc1ccc(COC2COC3(CCNCC3)C2)s1. The van der Waals surface area contributed by atoms with Gasteiger partial charge in [-0.05, 0) is 38.1 Å². The van der Waals surface area contributed by atoms with Crippen LogP contribution >= 0.6 is 22.9 Å². The molecule has 3 rings (SSSR count). The van der Waals surface area contributed by atoms with E-state index in [1.807, 2.05) is 12.1 Å². The summed E-state index contributed by atoms with van der Waals surface area (Å²) >= 11 is 7.49. The Bertz CT molecular complexity index is 403. The topological polar surface area (TPSA) is 30.5 Å². The second-order valence-corrected chi connectivity index (χ2v) is 6.89. The van der Waals surface area contributed by atoms with Crippen LogP contribution in [0.25, 0.3) is 0 Å². The lowest BCUT2D eigenvalue weighted by Crippen LogP contribution is -2.41. The van der Waals surface area contributed by atoms with Crippen molar-refractivity contribution in [2.45, 2.75) is 37.6 Å². The van der Waals surface area contributed by atoms with Gasteiger partial charge in [0.15, 0.2) is 0 Å². The molecule has 0 aliphatic carbocycles. The molecule has 0 bridgehead atoms. The average molecular weight is 288 g/mol. The van der Waals surface area contributed by atoms with Crippen molar-refractivity contribution in [2.24, 2.45) is 0 Å². The fourth-order valence-corrected chi connectivity index (χ4v) is 3.78. The summed E-state index contributed by atoms with van der Waals surface area (Å²) in [5.74, 6) is 0. The van der Waals surface area contributed by atoms with Crippen LogP contribution < -0.4 is 5.32 Å². The van der Waals surface area contributed by atoms with Crippen molar-refractivity contribution >= 4 is 22.9 Å². The minimum atomic E-state index is 0.0863. The van der Waals surface area contributed by atoms with Gasteiger partial charge in [0.05, 0.1) is 29.3 Å². The molecule has 2 fully saturated rings. The lowest BCUT2D eigenvalue weighted by molar-refractivity contribution is -0.0240. The zero-order valence-electron chi connectivity index (χ0n) is 10.3. The second kappa shape index (κ2) is 5.47. The van der Waals surface area contributed by atoms with Gasteiger partial charge in [0.2, 0.25) is 0 Å². The Morgan fingerprint density at radius 2 is 2.28 bits per heavy atom. The molecule has 5 heteroatoms.